The van der Waals surface area contributed by atoms with Gasteiger partial charge in [-0.1, -0.05) is 15.9 Å². The fourth-order valence-electron chi connectivity index (χ4n) is 2.00. The van der Waals surface area contributed by atoms with E-state index in [-0.39, 0.29) is 29.8 Å². The van der Waals surface area contributed by atoms with Crippen LogP contribution < -0.4 is 5.32 Å². The van der Waals surface area contributed by atoms with Gasteiger partial charge in [0.25, 0.3) is 0 Å². The van der Waals surface area contributed by atoms with E-state index in [0.29, 0.717) is 0 Å². The lowest BCUT2D eigenvalue weighted by Gasteiger charge is -2.27. The van der Waals surface area contributed by atoms with Gasteiger partial charge in [0, 0.05) is 23.2 Å². The van der Waals surface area contributed by atoms with E-state index in [1.165, 1.54) is 12.1 Å². The summed E-state index contributed by atoms with van der Waals surface area (Å²) in [5, 5.41) is 11.7. The summed E-state index contributed by atoms with van der Waals surface area (Å²) in [6.07, 6.45) is -4.47. The van der Waals surface area contributed by atoms with Crippen molar-refractivity contribution < 1.29 is 27.8 Å². The van der Waals surface area contributed by atoms with E-state index in [0.717, 1.165) is 6.07 Å². The van der Waals surface area contributed by atoms with Gasteiger partial charge in [0.1, 0.15) is 0 Å². The molecule has 0 radical (unpaired) electrons. The third-order valence-corrected chi connectivity index (χ3v) is 3.59. The zero-order valence-electron chi connectivity index (χ0n) is 10.1. The Balaban J connectivity index is 2.40. The van der Waals surface area contributed by atoms with E-state index in [4.69, 9.17) is 4.74 Å². The molecule has 0 aliphatic carbocycles. The van der Waals surface area contributed by atoms with Crippen molar-refractivity contribution in [1.82, 2.24) is 0 Å². The summed E-state index contributed by atoms with van der Waals surface area (Å²) in [6, 6.07) is 3.53. The molecular weight excluding hydrogens is 343 g/mol. The lowest BCUT2D eigenvalue weighted by Crippen LogP contribution is -2.47. The van der Waals surface area contributed by atoms with Crippen LogP contribution in [0.15, 0.2) is 22.7 Å². The molecule has 1 unspecified atom stereocenters. The van der Waals surface area contributed by atoms with Crippen LogP contribution in [0.5, 0.6) is 0 Å². The fraction of sp³-hybridized carbons (Fsp3) is 0.417. The first-order chi connectivity index (χ1) is 9.24. The van der Waals surface area contributed by atoms with Gasteiger partial charge in [0.05, 0.1) is 12.2 Å². The number of alkyl halides is 3. The molecule has 1 aliphatic heterocycles. The van der Waals surface area contributed by atoms with E-state index in [1.54, 1.807) is 0 Å². The molecule has 110 valence electrons. The summed E-state index contributed by atoms with van der Waals surface area (Å²) in [4.78, 5) is 11.3. The number of carboxylic acids is 1. The van der Waals surface area contributed by atoms with Crippen LogP contribution in [0.3, 0.4) is 0 Å². The Bertz CT molecular complexity index is 527. The van der Waals surface area contributed by atoms with Crippen LogP contribution >= 0.6 is 15.9 Å². The van der Waals surface area contributed by atoms with Gasteiger partial charge in [-0.05, 0) is 18.2 Å². The molecule has 1 aromatic rings. The van der Waals surface area contributed by atoms with Crippen molar-refractivity contribution in [2.45, 2.75) is 18.1 Å². The van der Waals surface area contributed by atoms with Gasteiger partial charge in [-0.25, -0.2) is 4.79 Å². The van der Waals surface area contributed by atoms with Gasteiger partial charge >= 0.3 is 12.1 Å². The minimum absolute atomic E-state index is 0.107. The number of benzene rings is 1. The van der Waals surface area contributed by atoms with Gasteiger partial charge in [0.15, 0.2) is 5.54 Å². The third kappa shape index (κ3) is 2.90. The average molecular weight is 354 g/mol. The number of halogens is 4. The third-order valence-electron chi connectivity index (χ3n) is 3.09. The van der Waals surface area contributed by atoms with E-state index in [1.807, 2.05) is 0 Å². The van der Waals surface area contributed by atoms with Crippen molar-refractivity contribution in [3.05, 3.63) is 28.2 Å². The maximum Gasteiger partial charge on any atom is 0.418 e. The lowest BCUT2D eigenvalue weighted by molar-refractivity contribution is -0.143. The van der Waals surface area contributed by atoms with Crippen LogP contribution in [0.4, 0.5) is 18.9 Å². The summed E-state index contributed by atoms with van der Waals surface area (Å²) in [7, 11) is 0. The number of aliphatic carboxylic acids is 1. The van der Waals surface area contributed by atoms with E-state index < -0.39 is 23.2 Å². The summed E-state index contributed by atoms with van der Waals surface area (Å²) < 4.78 is 44.2. The number of hydrogen-bond donors (Lipinski definition) is 2. The number of anilines is 1. The molecule has 1 aromatic carbocycles. The Hall–Kier alpha value is -1.28. The van der Waals surface area contributed by atoms with Gasteiger partial charge in [-0.15, -0.1) is 0 Å². The standard InChI is InChI=1S/C12H11BrF3NO3/c13-7-1-2-9(8(5-7)12(14,15)16)17-11(10(18)19)3-4-20-6-11/h1-2,5,17H,3-4,6H2,(H,18,19). The maximum atomic E-state index is 13.0. The van der Waals surface area contributed by atoms with Crippen molar-refractivity contribution in [3.63, 3.8) is 0 Å². The zero-order chi connectivity index (χ0) is 15.0. The Morgan fingerprint density at radius 1 is 1.45 bits per heavy atom. The molecule has 1 heterocycles. The quantitative estimate of drug-likeness (QED) is 0.876. The number of ether oxygens (including phenoxy) is 1. The molecule has 8 heteroatoms. The Labute approximate surface area is 121 Å². The first-order valence-corrected chi connectivity index (χ1v) is 6.50. The molecule has 1 fully saturated rings. The molecule has 1 aliphatic rings. The molecule has 1 saturated heterocycles. The highest BCUT2D eigenvalue weighted by molar-refractivity contribution is 9.10. The van der Waals surface area contributed by atoms with Gasteiger partial charge in [-0.3, -0.25) is 0 Å². The fourth-order valence-corrected chi connectivity index (χ4v) is 2.36. The molecular formula is C12H11BrF3NO3. The molecule has 1 atom stereocenters. The SMILES string of the molecule is O=C(O)C1(Nc2ccc(Br)cc2C(F)(F)F)CCOC1. The molecule has 2 N–H and O–H groups in total. The average Bonchev–Trinajstić information content (AvgIpc) is 2.80. The number of carbonyl (C=O) groups is 1. The molecule has 0 bridgehead atoms. The highest BCUT2D eigenvalue weighted by atomic mass is 79.9. The number of nitrogens with one attached hydrogen (secondary N) is 1. The molecule has 4 nitrogen and oxygen atoms in total. The first-order valence-electron chi connectivity index (χ1n) is 5.71. The normalized spacial score (nSPS) is 22.8. The molecule has 0 spiro atoms. The highest BCUT2D eigenvalue weighted by Gasteiger charge is 2.44. The predicted molar refractivity (Wildman–Crippen MR) is 68.6 cm³/mol. The number of rotatable bonds is 3. The smallest absolute Gasteiger partial charge is 0.418 e. The summed E-state index contributed by atoms with van der Waals surface area (Å²) in [6.45, 7) is 0.0207. The highest BCUT2D eigenvalue weighted by Crippen LogP contribution is 2.38. The largest absolute Gasteiger partial charge is 0.479 e. The van der Waals surface area contributed by atoms with Gasteiger partial charge in [-0.2, -0.15) is 13.2 Å². The van der Waals surface area contributed by atoms with Crippen molar-refractivity contribution in [2.24, 2.45) is 0 Å². The van der Waals surface area contributed by atoms with Gasteiger partial charge < -0.3 is 15.2 Å². The summed E-state index contributed by atoms with van der Waals surface area (Å²) >= 11 is 2.98. The van der Waals surface area contributed by atoms with Crippen LogP contribution in [0, 0.1) is 0 Å². The maximum absolute atomic E-state index is 13.0. The molecule has 2 rings (SSSR count). The first kappa shape index (κ1) is 15.1. The van der Waals surface area contributed by atoms with Crippen molar-refractivity contribution in [3.8, 4) is 0 Å². The van der Waals surface area contributed by atoms with Crippen LogP contribution in [-0.4, -0.2) is 29.8 Å². The second-order valence-electron chi connectivity index (χ2n) is 4.50. The monoisotopic (exact) mass is 353 g/mol. The second-order valence-corrected chi connectivity index (χ2v) is 5.42. The predicted octanol–water partition coefficient (Wildman–Crippen LogP) is 3.12. The number of carboxylic acid groups (broad SMARTS) is 1. The van der Waals surface area contributed by atoms with E-state index in [9.17, 15) is 23.1 Å². The Morgan fingerprint density at radius 3 is 2.65 bits per heavy atom. The Kier molecular flexibility index (Phi) is 3.97. The molecule has 20 heavy (non-hydrogen) atoms. The number of hydrogen-bond acceptors (Lipinski definition) is 3. The van der Waals surface area contributed by atoms with Crippen LogP contribution in [-0.2, 0) is 15.7 Å². The van der Waals surface area contributed by atoms with Crippen molar-refractivity contribution >= 4 is 27.6 Å². The van der Waals surface area contributed by atoms with E-state index in [2.05, 4.69) is 21.2 Å². The Morgan fingerprint density at radius 2 is 2.15 bits per heavy atom. The summed E-state index contributed by atoms with van der Waals surface area (Å²) in [5.41, 5.74) is -2.71. The topological polar surface area (TPSA) is 58.6 Å². The van der Waals surface area contributed by atoms with Crippen molar-refractivity contribution in [2.75, 3.05) is 18.5 Å². The second kappa shape index (κ2) is 5.25. The zero-order valence-corrected chi connectivity index (χ0v) is 11.7. The van der Waals surface area contributed by atoms with Crippen LogP contribution in [0.2, 0.25) is 0 Å². The van der Waals surface area contributed by atoms with Crippen LogP contribution in [0.25, 0.3) is 0 Å². The molecule has 0 saturated carbocycles. The molecule has 0 amide bonds. The minimum atomic E-state index is -4.58. The minimum Gasteiger partial charge on any atom is -0.479 e. The van der Waals surface area contributed by atoms with Crippen molar-refractivity contribution in [1.29, 1.82) is 0 Å². The van der Waals surface area contributed by atoms with Crippen LogP contribution in [0.1, 0.15) is 12.0 Å². The molecule has 0 aromatic heterocycles. The van der Waals surface area contributed by atoms with E-state index >= 15 is 0 Å². The summed E-state index contributed by atoms with van der Waals surface area (Å²) in [5.74, 6) is -1.23. The lowest BCUT2D eigenvalue weighted by atomic mass is 9.97. The van der Waals surface area contributed by atoms with Gasteiger partial charge in [0.2, 0.25) is 0 Å².